The number of nitrogens with zero attached hydrogens (tertiary/aromatic N) is 2. The second-order valence-electron chi connectivity index (χ2n) is 7.33. The van der Waals surface area contributed by atoms with Crippen LogP contribution in [0.3, 0.4) is 0 Å². The largest absolute Gasteiger partial charge is 0.496 e. The summed E-state index contributed by atoms with van der Waals surface area (Å²) in [4.78, 5) is 7.19. The summed E-state index contributed by atoms with van der Waals surface area (Å²) in [6.45, 7) is 10.3. The fourth-order valence-corrected chi connectivity index (χ4v) is 3.32. The molecule has 0 aliphatic carbocycles. The Morgan fingerprint density at radius 3 is 2.27 bits per heavy atom. The number of hydrogen-bond acceptors (Lipinski definition) is 4. The van der Waals surface area contributed by atoms with E-state index in [1.165, 1.54) is 6.42 Å². The smallest absolute Gasteiger partial charge is 0.193 e. The summed E-state index contributed by atoms with van der Waals surface area (Å²) >= 11 is 0. The molecule has 1 aromatic rings. The van der Waals surface area contributed by atoms with Gasteiger partial charge in [0.1, 0.15) is 17.2 Å². The van der Waals surface area contributed by atoms with Crippen LogP contribution in [0.5, 0.6) is 17.2 Å². The van der Waals surface area contributed by atoms with Crippen molar-refractivity contribution in [2.24, 2.45) is 10.4 Å². The first-order chi connectivity index (χ1) is 12.4. The van der Waals surface area contributed by atoms with Crippen molar-refractivity contribution in [2.75, 3.05) is 47.5 Å². The van der Waals surface area contributed by atoms with E-state index in [1.54, 1.807) is 21.3 Å². The van der Waals surface area contributed by atoms with E-state index in [9.17, 15) is 0 Å². The van der Waals surface area contributed by atoms with Crippen molar-refractivity contribution in [1.29, 1.82) is 0 Å². The SMILES string of the molecule is CCNC(=NCCc1c(OC)cc(OC)cc1OC)N1CCC(C)(C)C1. The van der Waals surface area contributed by atoms with Crippen LogP contribution < -0.4 is 19.5 Å². The molecule has 0 bridgehead atoms. The molecular formula is C20H33N3O3. The number of guanidine groups is 1. The zero-order chi connectivity index (χ0) is 19.2. The van der Waals surface area contributed by atoms with Gasteiger partial charge in [-0.05, 0) is 25.2 Å². The van der Waals surface area contributed by atoms with Gasteiger partial charge in [-0.3, -0.25) is 4.99 Å². The standard InChI is InChI=1S/C20H33N3O3/c1-7-21-19(23-11-9-20(2,3)14-23)22-10-8-16-17(25-5)12-15(24-4)13-18(16)26-6/h12-13H,7-11,14H2,1-6H3,(H,21,22). The van der Waals surface area contributed by atoms with E-state index in [1.807, 2.05) is 12.1 Å². The van der Waals surface area contributed by atoms with Crippen molar-refractivity contribution in [3.8, 4) is 17.2 Å². The molecule has 0 saturated carbocycles. The van der Waals surface area contributed by atoms with E-state index < -0.39 is 0 Å². The summed E-state index contributed by atoms with van der Waals surface area (Å²) in [5.74, 6) is 3.25. The average molecular weight is 364 g/mol. The van der Waals surface area contributed by atoms with Gasteiger partial charge in [0.25, 0.3) is 0 Å². The Hall–Kier alpha value is -2.11. The quantitative estimate of drug-likeness (QED) is 0.596. The van der Waals surface area contributed by atoms with Crippen LogP contribution in [-0.2, 0) is 6.42 Å². The molecule has 0 aromatic heterocycles. The Balaban J connectivity index is 2.14. The van der Waals surface area contributed by atoms with Crippen LogP contribution in [0.25, 0.3) is 0 Å². The Morgan fingerprint density at radius 2 is 1.81 bits per heavy atom. The van der Waals surface area contributed by atoms with Crippen LogP contribution >= 0.6 is 0 Å². The normalized spacial score (nSPS) is 16.5. The summed E-state index contributed by atoms with van der Waals surface area (Å²) in [6.07, 6.45) is 1.93. The first-order valence-electron chi connectivity index (χ1n) is 9.26. The Morgan fingerprint density at radius 1 is 1.15 bits per heavy atom. The minimum atomic E-state index is 0.346. The third-order valence-corrected chi connectivity index (χ3v) is 4.75. The summed E-state index contributed by atoms with van der Waals surface area (Å²) in [6, 6.07) is 3.77. The highest BCUT2D eigenvalue weighted by atomic mass is 16.5. The number of hydrogen-bond donors (Lipinski definition) is 1. The van der Waals surface area contributed by atoms with Gasteiger partial charge in [0, 0.05) is 43.9 Å². The van der Waals surface area contributed by atoms with Crippen LogP contribution in [-0.4, -0.2) is 58.4 Å². The highest BCUT2D eigenvalue weighted by Gasteiger charge is 2.30. The van der Waals surface area contributed by atoms with Crippen LogP contribution in [0, 0.1) is 5.41 Å². The lowest BCUT2D eigenvalue weighted by Crippen LogP contribution is -2.40. The van der Waals surface area contributed by atoms with E-state index in [0.29, 0.717) is 12.0 Å². The van der Waals surface area contributed by atoms with E-state index in [4.69, 9.17) is 19.2 Å². The van der Waals surface area contributed by atoms with E-state index in [2.05, 4.69) is 31.0 Å². The number of methoxy groups -OCH3 is 3. The van der Waals surface area contributed by atoms with Gasteiger partial charge in [0.2, 0.25) is 0 Å². The van der Waals surface area contributed by atoms with Gasteiger partial charge < -0.3 is 24.4 Å². The maximum Gasteiger partial charge on any atom is 0.193 e. The Labute approximate surface area is 157 Å². The maximum atomic E-state index is 5.53. The summed E-state index contributed by atoms with van der Waals surface area (Å²) in [5.41, 5.74) is 1.36. The molecule has 0 spiro atoms. The second-order valence-corrected chi connectivity index (χ2v) is 7.33. The molecule has 0 atom stereocenters. The number of likely N-dealkylation sites (tertiary alicyclic amines) is 1. The lowest BCUT2D eigenvalue weighted by molar-refractivity contribution is 0.367. The zero-order valence-electron chi connectivity index (χ0n) is 17.0. The molecule has 1 aliphatic rings. The van der Waals surface area contributed by atoms with Gasteiger partial charge in [-0.2, -0.15) is 0 Å². The summed E-state index contributed by atoms with van der Waals surface area (Å²) in [5, 5.41) is 3.42. The molecule has 6 heteroatoms. The Kier molecular flexibility index (Phi) is 7.00. The van der Waals surface area contributed by atoms with E-state index >= 15 is 0 Å². The third-order valence-electron chi connectivity index (χ3n) is 4.75. The van der Waals surface area contributed by atoms with Crippen LogP contribution in [0.15, 0.2) is 17.1 Å². The highest BCUT2D eigenvalue weighted by molar-refractivity contribution is 5.80. The predicted molar refractivity (Wildman–Crippen MR) is 106 cm³/mol. The molecule has 1 saturated heterocycles. The fourth-order valence-electron chi connectivity index (χ4n) is 3.32. The maximum absolute atomic E-state index is 5.53. The molecule has 0 unspecified atom stereocenters. The molecule has 1 aliphatic heterocycles. The van der Waals surface area contributed by atoms with Crippen molar-refractivity contribution < 1.29 is 14.2 Å². The lowest BCUT2D eigenvalue weighted by atomic mass is 9.93. The average Bonchev–Trinajstić information content (AvgIpc) is 3.00. The third kappa shape index (κ3) is 4.96. The molecule has 146 valence electrons. The van der Waals surface area contributed by atoms with Gasteiger partial charge in [-0.15, -0.1) is 0 Å². The fraction of sp³-hybridized carbons (Fsp3) is 0.650. The van der Waals surface area contributed by atoms with Crippen molar-refractivity contribution in [3.05, 3.63) is 17.7 Å². The van der Waals surface area contributed by atoms with Gasteiger partial charge >= 0.3 is 0 Å². The topological polar surface area (TPSA) is 55.3 Å². The number of aliphatic imine (C=N–C) groups is 1. The van der Waals surface area contributed by atoms with Gasteiger partial charge in [0.15, 0.2) is 5.96 Å². The summed E-state index contributed by atoms with van der Waals surface area (Å²) in [7, 11) is 4.97. The molecule has 26 heavy (non-hydrogen) atoms. The first-order valence-corrected chi connectivity index (χ1v) is 9.26. The molecule has 1 aromatic carbocycles. The van der Waals surface area contributed by atoms with Crippen molar-refractivity contribution in [2.45, 2.75) is 33.6 Å². The Bertz CT molecular complexity index is 604. The van der Waals surface area contributed by atoms with Gasteiger partial charge in [-0.25, -0.2) is 0 Å². The molecule has 1 fully saturated rings. The minimum absolute atomic E-state index is 0.346. The van der Waals surface area contributed by atoms with Gasteiger partial charge in [-0.1, -0.05) is 13.8 Å². The molecule has 1 N–H and O–H groups in total. The molecule has 1 heterocycles. The monoisotopic (exact) mass is 363 g/mol. The second kappa shape index (κ2) is 9.01. The summed E-state index contributed by atoms with van der Waals surface area (Å²) < 4.78 is 16.4. The lowest BCUT2D eigenvalue weighted by Gasteiger charge is -2.23. The number of rotatable bonds is 7. The minimum Gasteiger partial charge on any atom is -0.496 e. The molecule has 6 nitrogen and oxygen atoms in total. The van der Waals surface area contributed by atoms with E-state index in [0.717, 1.165) is 54.8 Å². The highest BCUT2D eigenvalue weighted by Crippen LogP contribution is 2.34. The molecular weight excluding hydrogens is 330 g/mol. The zero-order valence-corrected chi connectivity index (χ0v) is 17.0. The van der Waals surface area contributed by atoms with Gasteiger partial charge in [0.05, 0.1) is 21.3 Å². The van der Waals surface area contributed by atoms with Crippen molar-refractivity contribution in [1.82, 2.24) is 10.2 Å². The number of ether oxygens (including phenoxy) is 3. The van der Waals surface area contributed by atoms with Crippen LogP contribution in [0.2, 0.25) is 0 Å². The van der Waals surface area contributed by atoms with Crippen molar-refractivity contribution in [3.63, 3.8) is 0 Å². The van der Waals surface area contributed by atoms with Crippen molar-refractivity contribution >= 4 is 5.96 Å². The van der Waals surface area contributed by atoms with Crippen LogP contribution in [0.4, 0.5) is 0 Å². The molecule has 0 radical (unpaired) electrons. The number of benzene rings is 1. The van der Waals surface area contributed by atoms with E-state index in [-0.39, 0.29) is 0 Å². The molecule has 2 rings (SSSR count). The van der Waals surface area contributed by atoms with Crippen LogP contribution in [0.1, 0.15) is 32.8 Å². The first kappa shape index (κ1) is 20.2. The number of nitrogens with one attached hydrogen (secondary N) is 1. The molecule has 0 amide bonds. The predicted octanol–water partition coefficient (Wildman–Crippen LogP) is 2.95.